The Morgan fingerprint density at radius 2 is 1.76 bits per heavy atom. The second-order valence-electron chi connectivity index (χ2n) is 5.69. The molecule has 0 aromatic heterocycles. The summed E-state index contributed by atoms with van der Waals surface area (Å²) in [6.07, 6.45) is 2.18. The molecule has 0 saturated carbocycles. The summed E-state index contributed by atoms with van der Waals surface area (Å²) in [5, 5.41) is 0. The van der Waals surface area contributed by atoms with Gasteiger partial charge in [0, 0.05) is 11.1 Å². The summed E-state index contributed by atoms with van der Waals surface area (Å²) >= 11 is 0. The molecule has 0 N–H and O–H groups in total. The summed E-state index contributed by atoms with van der Waals surface area (Å²) < 4.78 is 20.7. The van der Waals surface area contributed by atoms with Gasteiger partial charge in [-0.25, -0.2) is 4.39 Å². The maximum absolute atomic E-state index is 15.2. The lowest BCUT2D eigenvalue weighted by molar-refractivity contribution is 0.340. The quantitative estimate of drug-likeness (QED) is 0.497. The second-order valence-corrected chi connectivity index (χ2v) is 5.69. The zero-order valence-electron chi connectivity index (χ0n) is 14.3. The molecular weight excluding hydrogens is 311 g/mol. The average Bonchev–Trinajstić information content (AvgIpc) is 2.65. The number of hydrogen-bond donors (Lipinski definition) is 0. The van der Waals surface area contributed by atoms with E-state index in [0.717, 1.165) is 22.4 Å². The van der Waals surface area contributed by atoms with Crippen molar-refractivity contribution in [2.45, 2.75) is 13.3 Å². The standard InChI is InChI=1S/C23H20FO/c1-3-8-19-13-16-21(17-9-6-5-7-10-17)22(23(19)24)18-11-14-20(15-12-18)25-4-2/h3,5-7,9-15H,1,4,8H2,2H3. The molecule has 25 heavy (non-hydrogen) atoms. The van der Waals surface area contributed by atoms with Crippen LogP contribution in [0.4, 0.5) is 4.39 Å². The lowest BCUT2D eigenvalue weighted by Crippen LogP contribution is -1.97. The molecule has 1 nitrogen and oxygen atoms in total. The fourth-order valence-corrected chi connectivity index (χ4v) is 2.86. The molecule has 0 heterocycles. The molecule has 125 valence electrons. The van der Waals surface area contributed by atoms with Gasteiger partial charge in [-0.15, -0.1) is 6.58 Å². The van der Waals surface area contributed by atoms with Crippen LogP contribution in [0.1, 0.15) is 12.5 Å². The molecule has 0 unspecified atom stereocenters. The first-order chi connectivity index (χ1) is 12.2. The van der Waals surface area contributed by atoms with Gasteiger partial charge in [0.15, 0.2) is 0 Å². The van der Waals surface area contributed by atoms with Gasteiger partial charge in [0.2, 0.25) is 0 Å². The van der Waals surface area contributed by atoms with Crippen LogP contribution in [0.25, 0.3) is 22.3 Å². The van der Waals surface area contributed by atoms with Crippen LogP contribution in [-0.2, 0) is 6.42 Å². The minimum absolute atomic E-state index is 0.221. The van der Waals surface area contributed by atoms with Crippen molar-refractivity contribution in [2.24, 2.45) is 0 Å². The van der Waals surface area contributed by atoms with Gasteiger partial charge in [-0.05, 0) is 54.3 Å². The molecule has 2 heteroatoms. The van der Waals surface area contributed by atoms with Crippen molar-refractivity contribution in [1.29, 1.82) is 0 Å². The molecule has 1 radical (unpaired) electrons. The van der Waals surface area contributed by atoms with Crippen molar-refractivity contribution >= 4 is 0 Å². The third-order valence-corrected chi connectivity index (χ3v) is 4.02. The van der Waals surface area contributed by atoms with Crippen molar-refractivity contribution in [3.63, 3.8) is 0 Å². The van der Waals surface area contributed by atoms with Gasteiger partial charge in [-0.2, -0.15) is 0 Å². The molecule has 0 spiro atoms. The summed E-state index contributed by atoms with van der Waals surface area (Å²) in [5.41, 5.74) is 3.67. The topological polar surface area (TPSA) is 9.23 Å². The zero-order valence-corrected chi connectivity index (χ0v) is 14.3. The highest BCUT2D eigenvalue weighted by Crippen LogP contribution is 2.36. The van der Waals surface area contributed by atoms with Gasteiger partial charge >= 0.3 is 0 Å². The Bertz CT molecular complexity index is 851. The van der Waals surface area contributed by atoms with Crippen LogP contribution in [-0.4, -0.2) is 6.61 Å². The lowest BCUT2D eigenvalue weighted by atomic mass is 9.91. The van der Waals surface area contributed by atoms with E-state index in [1.807, 2.05) is 61.5 Å². The molecule has 0 aliphatic heterocycles. The number of hydrogen-bond acceptors (Lipinski definition) is 1. The molecule has 3 rings (SSSR count). The van der Waals surface area contributed by atoms with E-state index in [-0.39, 0.29) is 5.82 Å². The van der Waals surface area contributed by atoms with Gasteiger partial charge < -0.3 is 4.74 Å². The van der Waals surface area contributed by atoms with E-state index in [2.05, 4.69) is 12.6 Å². The first-order valence-electron chi connectivity index (χ1n) is 8.37. The minimum Gasteiger partial charge on any atom is -0.494 e. The maximum atomic E-state index is 15.2. The van der Waals surface area contributed by atoms with Gasteiger partial charge in [0.25, 0.3) is 0 Å². The zero-order chi connectivity index (χ0) is 17.6. The molecule has 0 bridgehead atoms. The fraction of sp³-hybridized carbons (Fsp3) is 0.130. The number of benzene rings is 3. The summed E-state index contributed by atoms with van der Waals surface area (Å²) in [5.74, 6) is 0.556. The van der Waals surface area contributed by atoms with E-state index < -0.39 is 0 Å². The number of ether oxygens (including phenoxy) is 1. The van der Waals surface area contributed by atoms with Crippen molar-refractivity contribution in [3.8, 4) is 28.0 Å². The van der Waals surface area contributed by atoms with Gasteiger partial charge in [0.05, 0.1) is 6.61 Å². The van der Waals surface area contributed by atoms with Crippen molar-refractivity contribution in [2.75, 3.05) is 6.61 Å². The molecule has 0 aliphatic rings. The summed E-state index contributed by atoms with van der Waals surface area (Å²) in [6.45, 7) is 6.26. The molecule has 0 saturated heterocycles. The Kier molecular flexibility index (Phi) is 5.30. The Hall–Kier alpha value is -2.87. The lowest BCUT2D eigenvalue weighted by Gasteiger charge is -2.14. The molecule has 0 aliphatic carbocycles. The van der Waals surface area contributed by atoms with Crippen LogP contribution in [0.5, 0.6) is 5.75 Å². The third kappa shape index (κ3) is 3.63. The Morgan fingerprint density at radius 1 is 1.04 bits per heavy atom. The Labute approximate surface area is 148 Å². The predicted molar refractivity (Wildman–Crippen MR) is 101 cm³/mol. The third-order valence-electron chi connectivity index (χ3n) is 4.02. The van der Waals surface area contributed by atoms with Crippen LogP contribution < -0.4 is 4.74 Å². The van der Waals surface area contributed by atoms with E-state index in [9.17, 15) is 0 Å². The van der Waals surface area contributed by atoms with Gasteiger partial charge in [0.1, 0.15) is 11.6 Å². The van der Waals surface area contributed by atoms with Crippen molar-refractivity contribution in [1.82, 2.24) is 0 Å². The SMILES string of the molecule is C=CCc1c[c]c(-c2ccccc2)c(-c2ccc(OCC)cc2)c1F. The largest absolute Gasteiger partial charge is 0.494 e. The van der Waals surface area contributed by atoms with Crippen molar-refractivity contribution in [3.05, 3.63) is 90.8 Å². The molecule has 3 aromatic carbocycles. The second kappa shape index (κ2) is 7.80. The minimum atomic E-state index is -0.221. The van der Waals surface area contributed by atoms with Crippen LogP contribution in [0.3, 0.4) is 0 Å². The first-order valence-corrected chi connectivity index (χ1v) is 8.37. The molecule has 0 atom stereocenters. The molecular formula is C23H20FO. The number of rotatable bonds is 6. The predicted octanol–water partition coefficient (Wildman–Crippen LogP) is 6.09. The van der Waals surface area contributed by atoms with Crippen LogP contribution >= 0.6 is 0 Å². The first kappa shape index (κ1) is 17.0. The highest BCUT2D eigenvalue weighted by Gasteiger charge is 2.16. The van der Waals surface area contributed by atoms with E-state index in [1.165, 1.54) is 0 Å². The summed E-state index contributed by atoms with van der Waals surface area (Å²) in [7, 11) is 0. The Balaban J connectivity index is 2.17. The highest BCUT2D eigenvalue weighted by atomic mass is 19.1. The van der Waals surface area contributed by atoms with E-state index in [0.29, 0.717) is 24.2 Å². The summed E-state index contributed by atoms with van der Waals surface area (Å²) in [4.78, 5) is 0. The van der Waals surface area contributed by atoms with Crippen LogP contribution in [0, 0.1) is 11.9 Å². The molecule has 0 fully saturated rings. The smallest absolute Gasteiger partial charge is 0.135 e. The molecule has 0 amide bonds. The Morgan fingerprint density at radius 3 is 2.40 bits per heavy atom. The van der Waals surface area contributed by atoms with Crippen LogP contribution in [0.15, 0.2) is 73.3 Å². The van der Waals surface area contributed by atoms with Crippen LogP contribution in [0.2, 0.25) is 0 Å². The van der Waals surface area contributed by atoms with Crippen molar-refractivity contribution < 1.29 is 9.13 Å². The number of halogens is 1. The molecule has 3 aromatic rings. The summed E-state index contributed by atoms with van der Waals surface area (Å²) in [6, 6.07) is 22.3. The van der Waals surface area contributed by atoms with E-state index >= 15 is 4.39 Å². The van der Waals surface area contributed by atoms with E-state index in [4.69, 9.17) is 4.74 Å². The normalized spacial score (nSPS) is 10.5. The van der Waals surface area contributed by atoms with Gasteiger partial charge in [-0.3, -0.25) is 0 Å². The maximum Gasteiger partial charge on any atom is 0.135 e. The fourth-order valence-electron chi connectivity index (χ4n) is 2.86. The average molecular weight is 331 g/mol. The van der Waals surface area contributed by atoms with Gasteiger partial charge in [-0.1, -0.05) is 48.5 Å². The highest BCUT2D eigenvalue weighted by molar-refractivity contribution is 5.84. The number of allylic oxidation sites excluding steroid dienone is 1. The van der Waals surface area contributed by atoms with E-state index in [1.54, 1.807) is 12.1 Å². The monoisotopic (exact) mass is 331 g/mol.